The number of fused-ring (bicyclic) bond motifs is 2. The van der Waals surface area contributed by atoms with Crippen molar-refractivity contribution in [3.05, 3.63) is 32.9 Å². The maximum Gasteiger partial charge on any atom is 0.343 e. The first-order chi connectivity index (χ1) is 14.9. The third kappa shape index (κ3) is 4.24. The number of aromatic nitrogens is 4. The van der Waals surface area contributed by atoms with Crippen LogP contribution in [0.15, 0.2) is 15.7 Å². The number of hydrogen-bond donors (Lipinski definition) is 3. The average molecular weight is 451 g/mol. The minimum Gasteiger partial charge on any atom is -0.483 e. The molecule has 3 atom stereocenters. The highest BCUT2D eigenvalue weighted by Gasteiger charge is 2.61. The Bertz CT molecular complexity index is 986. The van der Waals surface area contributed by atoms with Crippen LogP contribution in [-0.2, 0) is 23.1 Å². The number of H-pyrrole nitrogens is 1. The molecule has 2 aliphatic rings. The molecule has 12 heteroatoms. The summed E-state index contributed by atoms with van der Waals surface area (Å²) >= 11 is 1.50. The third-order valence-corrected chi connectivity index (χ3v) is 6.55. The Labute approximate surface area is 182 Å². The van der Waals surface area contributed by atoms with E-state index < -0.39 is 11.1 Å². The van der Waals surface area contributed by atoms with Crippen molar-refractivity contribution in [1.82, 2.24) is 30.0 Å². The first-order valence-electron chi connectivity index (χ1n) is 10.1. The molecule has 2 aromatic rings. The molecule has 0 radical (unpaired) electrons. The molecule has 0 saturated carbocycles. The molecule has 2 aliphatic heterocycles. The Hall–Kier alpha value is -3.02. The normalized spacial score (nSPS) is 23.9. The second kappa shape index (κ2) is 9.41. The zero-order chi connectivity index (χ0) is 22.6. The average Bonchev–Trinajstić information content (AvgIpc) is 3.52. The highest BCUT2D eigenvalue weighted by atomic mass is 32.1. The van der Waals surface area contributed by atoms with Gasteiger partial charge in [0.25, 0.3) is 12.4 Å². The van der Waals surface area contributed by atoms with Gasteiger partial charge in [0.15, 0.2) is 0 Å². The first-order valence-corrected chi connectivity index (χ1v) is 11.0. The lowest BCUT2D eigenvalue weighted by atomic mass is 9.70. The van der Waals surface area contributed by atoms with Gasteiger partial charge in [-0.1, -0.05) is 6.92 Å². The summed E-state index contributed by atoms with van der Waals surface area (Å²) in [5, 5.41) is 15.9. The van der Waals surface area contributed by atoms with Crippen molar-refractivity contribution < 1.29 is 19.5 Å². The van der Waals surface area contributed by atoms with E-state index >= 15 is 0 Å². The van der Waals surface area contributed by atoms with Gasteiger partial charge in [-0.2, -0.15) is 0 Å². The highest BCUT2D eigenvalue weighted by molar-refractivity contribution is 7.07. The largest absolute Gasteiger partial charge is 0.483 e. The number of carbonyl (C=O) groups is 3. The van der Waals surface area contributed by atoms with Gasteiger partial charge in [0.2, 0.25) is 11.7 Å². The van der Waals surface area contributed by atoms with E-state index in [4.69, 9.17) is 9.90 Å². The molecule has 31 heavy (non-hydrogen) atoms. The van der Waals surface area contributed by atoms with E-state index in [1.807, 2.05) is 12.3 Å². The summed E-state index contributed by atoms with van der Waals surface area (Å²) in [5.41, 5.74) is 1.52. The number of carbonyl (C=O) groups excluding carboxylic acids is 2. The van der Waals surface area contributed by atoms with E-state index in [-0.39, 0.29) is 36.2 Å². The van der Waals surface area contributed by atoms with Crippen molar-refractivity contribution in [3.8, 4) is 0 Å². The summed E-state index contributed by atoms with van der Waals surface area (Å²) in [6.45, 7) is 2.37. The summed E-state index contributed by atoms with van der Waals surface area (Å²) in [6, 6.07) is -0.261. The van der Waals surface area contributed by atoms with Gasteiger partial charge in [-0.25, -0.2) is 14.5 Å². The predicted molar refractivity (Wildman–Crippen MR) is 112 cm³/mol. The lowest BCUT2D eigenvalue weighted by Crippen LogP contribution is -2.51. The zero-order valence-corrected chi connectivity index (χ0v) is 18.2. The molecular weight excluding hydrogens is 424 g/mol. The number of hydrogen-bond acceptors (Lipinski definition) is 7. The Kier molecular flexibility index (Phi) is 6.88. The van der Waals surface area contributed by atoms with Crippen molar-refractivity contribution in [2.24, 2.45) is 12.5 Å². The van der Waals surface area contributed by atoms with Crippen LogP contribution in [-0.4, -0.2) is 66.7 Å². The van der Waals surface area contributed by atoms with Crippen LogP contribution in [0.1, 0.15) is 48.9 Å². The lowest BCUT2D eigenvalue weighted by molar-refractivity contribution is -0.132. The second-order valence-corrected chi connectivity index (χ2v) is 8.46. The van der Waals surface area contributed by atoms with Gasteiger partial charge in [-0.3, -0.25) is 19.4 Å². The van der Waals surface area contributed by atoms with Crippen LogP contribution in [0.2, 0.25) is 0 Å². The Morgan fingerprint density at radius 3 is 2.77 bits per heavy atom. The summed E-state index contributed by atoms with van der Waals surface area (Å²) in [5.74, 6) is -0.293. The van der Waals surface area contributed by atoms with Gasteiger partial charge < -0.3 is 15.3 Å². The number of nitrogens with zero attached hydrogens (tertiary/aromatic N) is 4. The summed E-state index contributed by atoms with van der Waals surface area (Å²) in [7, 11) is 1.50. The summed E-state index contributed by atoms with van der Waals surface area (Å²) < 4.78 is 1.11. The number of aromatic amines is 1. The standard InChI is InChI=1S/C18H24N6O3S.CH2O2/c1-3-6-19-16(26)18(7-11-9-28-10-20-11)8-12-4-5-13(18)24(12)15(25)14-21-17(27)23(2)22-14;2-1-3/h9-10,12-13H,3-8H2,1-2H3,(H,19,26)(H,21,22,27);1H,(H,2,3)/t12-,13+,18+;/m1./s1. The number of nitrogens with one attached hydrogen (secondary N) is 2. The molecule has 168 valence electrons. The van der Waals surface area contributed by atoms with Crippen molar-refractivity contribution in [3.63, 3.8) is 0 Å². The van der Waals surface area contributed by atoms with E-state index in [2.05, 4.69) is 20.4 Å². The monoisotopic (exact) mass is 450 g/mol. The van der Waals surface area contributed by atoms with Crippen LogP contribution < -0.4 is 11.0 Å². The minimum atomic E-state index is -0.698. The van der Waals surface area contributed by atoms with Crippen LogP contribution in [0.25, 0.3) is 0 Å². The number of aryl methyl sites for hydroxylation is 1. The van der Waals surface area contributed by atoms with Gasteiger partial charge in [-0.05, 0) is 25.7 Å². The van der Waals surface area contributed by atoms with Gasteiger partial charge in [0, 0.05) is 37.5 Å². The number of carboxylic acid groups (broad SMARTS) is 1. The Morgan fingerprint density at radius 1 is 1.45 bits per heavy atom. The molecule has 0 unspecified atom stereocenters. The fraction of sp³-hybridized carbons (Fsp3) is 0.579. The SMILES string of the molecule is CCCNC(=O)[C@@]1(Cc2cscn2)C[C@H]2CC[C@@H]1N2C(=O)c1nn(C)c(=O)[nH]1.O=CO. The third-order valence-electron chi connectivity index (χ3n) is 5.91. The molecule has 2 saturated heterocycles. The summed E-state index contributed by atoms with van der Waals surface area (Å²) in [4.78, 5) is 55.1. The topological polar surface area (TPSA) is 150 Å². The van der Waals surface area contributed by atoms with E-state index in [1.165, 1.54) is 18.4 Å². The maximum absolute atomic E-state index is 13.3. The number of amides is 2. The highest BCUT2D eigenvalue weighted by Crippen LogP contribution is 2.52. The number of thiazole rings is 1. The Morgan fingerprint density at radius 2 is 2.19 bits per heavy atom. The minimum absolute atomic E-state index is 0.0122. The van der Waals surface area contributed by atoms with Crippen molar-refractivity contribution >= 4 is 29.6 Å². The van der Waals surface area contributed by atoms with Gasteiger partial charge >= 0.3 is 5.69 Å². The summed E-state index contributed by atoms with van der Waals surface area (Å²) in [6.07, 6.45) is 3.58. The van der Waals surface area contributed by atoms with Crippen molar-refractivity contribution in [1.29, 1.82) is 0 Å². The van der Waals surface area contributed by atoms with Crippen molar-refractivity contribution in [2.45, 2.75) is 51.1 Å². The van der Waals surface area contributed by atoms with Gasteiger partial charge in [-0.15, -0.1) is 16.4 Å². The maximum atomic E-state index is 13.3. The fourth-order valence-electron chi connectivity index (χ4n) is 4.69. The first kappa shape index (κ1) is 22.7. The van der Waals surface area contributed by atoms with E-state index in [0.29, 0.717) is 19.4 Å². The van der Waals surface area contributed by atoms with E-state index in [0.717, 1.165) is 29.6 Å². The second-order valence-electron chi connectivity index (χ2n) is 7.74. The van der Waals surface area contributed by atoms with E-state index in [1.54, 1.807) is 10.4 Å². The quantitative estimate of drug-likeness (QED) is 0.539. The predicted octanol–water partition coefficient (Wildman–Crippen LogP) is 0.398. The molecule has 2 aromatic heterocycles. The van der Waals surface area contributed by atoms with Crippen LogP contribution in [0.3, 0.4) is 0 Å². The van der Waals surface area contributed by atoms with E-state index in [9.17, 15) is 14.4 Å². The molecule has 0 aromatic carbocycles. The lowest BCUT2D eigenvalue weighted by Gasteiger charge is -2.35. The van der Waals surface area contributed by atoms with Crippen molar-refractivity contribution in [2.75, 3.05) is 6.54 Å². The zero-order valence-electron chi connectivity index (χ0n) is 17.4. The molecule has 2 amide bonds. The van der Waals surface area contributed by atoms with Crippen LogP contribution >= 0.6 is 11.3 Å². The van der Waals surface area contributed by atoms with Crippen LogP contribution in [0, 0.1) is 5.41 Å². The molecule has 2 fully saturated rings. The molecule has 11 nitrogen and oxygen atoms in total. The molecular formula is C19H26N6O5S. The molecule has 3 N–H and O–H groups in total. The fourth-order valence-corrected chi connectivity index (χ4v) is 5.25. The molecule has 2 bridgehead atoms. The number of rotatable bonds is 6. The van der Waals surface area contributed by atoms with Crippen LogP contribution in [0.5, 0.6) is 0 Å². The van der Waals surface area contributed by atoms with Crippen LogP contribution in [0.4, 0.5) is 0 Å². The molecule has 4 heterocycles. The van der Waals surface area contributed by atoms with Gasteiger partial charge in [0.05, 0.1) is 16.6 Å². The smallest absolute Gasteiger partial charge is 0.343 e. The Balaban J connectivity index is 0.000000858. The molecule has 0 spiro atoms. The van der Waals surface area contributed by atoms with Gasteiger partial charge in [0.1, 0.15) is 0 Å². The molecule has 4 rings (SSSR count). The molecule has 0 aliphatic carbocycles.